The van der Waals surface area contributed by atoms with Crippen LogP contribution in [0.15, 0.2) is 23.1 Å². The molecule has 1 aromatic rings. The van der Waals surface area contributed by atoms with Gasteiger partial charge in [-0.3, -0.25) is 0 Å². The lowest BCUT2D eigenvalue weighted by Crippen LogP contribution is -2.45. The molecule has 0 bridgehead atoms. The second kappa shape index (κ2) is 5.05. The molecule has 0 unspecified atom stereocenters. The fraction of sp³-hybridized carbons (Fsp3) is 0.538. The van der Waals surface area contributed by atoms with E-state index in [1.54, 1.807) is 12.1 Å². The molecule has 106 valence electrons. The molecule has 2 rings (SSSR count). The van der Waals surface area contributed by atoms with Crippen molar-refractivity contribution in [2.24, 2.45) is 11.7 Å². The maximum atomic E-state index is 12.4. The topological polar surface area (TPSA) is 72.2 Å². The summed E-state index contributed by atoms with van der Waals surface area (Å²) in [6, 6.07) is 4.84. The van der Waals surface area contributed by atoms with E-state index < -0.39 is 15.6 Å². The lowest BCUT2D eigenvalue weighted by Gasteiger charge is -2.26. The average Bonchev–Trinajstić information content (AvgIpc) is 3.12. The highest BCUT2D eigenvalue weighted by molar-refractivity contribution is 7.89. The Hall–Kier alpha value is -0.620. The average molecular weight is 303 g/mol. The van der Waals surface area contributed by atoms with Crippen LogP contribution in [0.5, 0.6) is 0 Å². The van der Waals surface area contributed by atoms with Crippen LogP contribution in [-0.4, -0.2) is 14.0 Å². The number of rotatable bonds is 5. The summed E-state index contributed by atoms with van der Waals surface area (Å²) >= 11 is 6.00. The Balaban J connectivity index is 2.33. The van der Waals surface area contributed by atoms with E-state index in [9.17, 15) is 8.42 Å². The summed E-state index contributed by atoms with van der Waals surface area (Å²) in [5, 5.41) is 0.219. The predicted molar refractivity (Wildman–Crippen MR) is 76.5 cm³/mol. The van der Waals surface area contributed by atoms with Gasteiger partial charge in [0.25, 0.3) is 0 Å². The number of nitrogens with two attached hydrogens (primary N) is 1. The van der Waals surface area contributed by atoms with Crippen molar-refractivity contribution < 1.29 is 8.42 Å². The first kappa shape index (κ1) is 14.8. The van der Waals surface area contributed by atoms with E-state index in [-0.39, 0.29) is 16.5 Å². The SMILES string of the molecule is CC(C)(NS(=O)(=O)c1cc(CN)ccc1Cl)C1CC1. The van der Waals surface area contributed by atoms with Crippen molar-refractivity contribution in [2.45, 2.75) is 43.7 Å². The third-order valence-corrected chi connectivity index (χ3v) is 5.67. The van der Waals surface area contributed by atoms with Gasteiger partial charge in [-0.05, 0) is 50.3 Å². The molecule has 1 aliphatic carbocycles. The molecular formula is C13H19ClN2O2S. The van der Waals surface area contributed by atoms with Crippen molar-refractivity contribution >= 4 is 21.6 Å². The third-order valence-electron chi connectivity index (χ3n) is 3.52. The van der Waals surface area contributed by atoms with Gasteiger partial charge in [0.1, 0.15) is 4.90 Å². The molecule has 1 saturated carbocycles. The van der Waals surface area contributed by atoms with E-state index in [4.69, 9.17) is 17.3 Å². The highest BCUT2D eigenvalue weighted by Crippen LogP contribution is 2.40. The molecule has 4 nitrogen and oxygen atoms in total. The Morgan fingerprint density at radius 2 is 2.05 bits per heavy atom. The molecular weight excluding hydrogens is 284 g/mol. The Labute approximate surface area is 119 Å². The molecule has 6 heteroatoms. The van der Waals surface area contributed by atoms with Gasteiger partial charge in [-0.2, -0.15) is 0 Å². The largest absolute Gasteiger partial charge is 0.326 e. The summed E-state index contributed by atoms with van der Waals surface area (Å²) in [4.78, 5) is 0.103. The molecule has 0 aromatic heterocycles. The molecule has 0 atom stereocenters. The molecule has 0 spiro atoms. The Morgan fingerprint density at radius 1 is 1.42 bits per heavy atom. The van der Waals surface area contributed by atoms with Crippen LogP contribution in [0.2, 0.25) is 5.02 Å². The van der Waals surface area contributed by atoms with Crippen molar-refractivity contribution in [1.29, 1.82) is 0 Å². The Bertz CT molecular complexity index is 580. The highest BCUT2D eigenvalue weighted by atomic mass is 35.5. The number of hydrogen-bond acceptors (Lipinski definition) is 3. The lowest BCUT2D eigenvalue weighted by atomic mass is 10.0. The maximum absolute atomic E-state index is 12.4. The third kappa shape index (κ3) is 3.28. The minimum absolute atomic E-state index is 0.103. The zero-order valence-corrected chi connectivity index (χ0v) is 12.7. The molecule has 0 amide bonds. The fourth-order valence-corrected chi connectivity index (χ4v) is 4.19. The molecule has 0 saturated heterocycles. The van der Waals surface area contributed by atoms with Crippen LogP contribution in [0.1, 0.15) is 32.3 Å². The molecule has 0 heterocycles. The van der Waals surface area contributed by atoms with Gasteiger partial charge < -0.3 is 5.73 Å². The van der Waals surface area contributed by atoms with Gasteiger partial charge in [-0.25, -0.2) is 13.1 Å². The number of halogens is 1. The van der Waals surface area contributed by atoms with Crippen molar-refractivity contribution in [3.05, 3.63) is 28.8 Å². The van der Waals surface area contributed by atoms with E-state index in [1.807, 2.05) is 13.8 Å². The molecule has 19 heavy (non-hydrogen) atoms. The minimum Gasteiger partial charge on any atom is -0.326 e. The Morgan fingerprint density at radius 3 is 2.58 bits per heavy atom. The van der Waals surface area contributed by atoms with Crippen LogP contribution in [0, 0.1) is 5.92 Å². The first-order valence-electron chi connectivity index (χ1n) is 6.29. The van der Waals surface area contributed by atoms with E-state index in [1.165, 1.54) is 6.07 Å². The van der Waals surface area contributed by atoms with Crippen LogP contribution >= 0.6 is 11.6 Å². The number of nitrogens with one attached hydrogen (secondary N) is 1. The molecule has 0 aliphatic heterocycles. The van der Waals surface area contributed by atoms with Crippen molar-refractivity contribution in [3.8, 4) is 0 Å². The number of hydrogen-bond donors (Lipinski definition) is 2. The van der Waals surface area contributed by atoms with Crippen LogP contribution in [0.3, 0.4) is 0 Å². The van der Waals surface area contributed by atoms with Crippen molar-refractivity contribution in [1.82, 2.24) is 4.72 Å². The zero-order valence-electron chi connectivity index (χ0n) is 11.1. The second-order valence-corrected chi connectivity index (χ2v) is 7.63. The van der Waals surface area contributed by atoms with Gasteiger partial charge >= 0.3 is 0 Å². The van der Waals surface area contributed by atoms with Gasteiger partial charge in [-0.15, -0.1) is 0 Å². The summed E-state index contributed by atoms with van der Waals surface area (Å²) in [6.07, 6.45) is 2.12. The van der Waals surface area contributed by atoms with Crippen LogP contribution in [-0.2, 0) is 16.6 Å². The molecule has 1 aliphatic rings. The van der Waals surface area contributed by atoms with E-state index in [2.05, 4.69) is 4.72 Å². The zero-order chi connectivity index (χ0) is 14.3. The lowest BCUT2D eigenvalue weighted by molar-refractivity contribution is 0.400. The fourth-order valence-electron chi connectivity index (χ4n) is 2.17. The first-order valence-corrected chi connectivity index (χ1v) is 8.15. The van der Waals surface area contributed by atoms with Crippen molar-refractivity contribution in [2.75, 3.05) is 0 Å². The summed E-state index contributed by atoms with van der Waals surface area (Å²) in [5.74, 6) is 0.402. The normalized spacial score (nSPS) is 16.6. The van der Waals surface area contributed by atoms with Gasteiger partial charge in [-0.1, -0.05) is 17.7 Å². The molecule has 1 aromatic carbocycles. The van der Waals surface area contributed by atoms with Gasteiger partial charge in [0.05, 0.1) is 5.02 Å². The van der Waals surface area contributed by atoms with Crippen LogP contribution < -0.4 is 10.5 Å². The van der Waals surface area contributed by atoms with E-state index in [0.717, 1.165) is 18.4 Å². The van der Waals surface area contributed by atoms with Crippen molar-refractivity contribution in [3.63, 3.8) is 0 Å². The quantitative estimate of drug-likeness (QED) is 0.876. The van der Waals surface area contributed by atoms with Gasteiger partial charge in [0.2, 0.25) is 10.0 Å². The van der Waals surface area contributed by atoms with E-state index >= 15 is 0 Å². The van der Waals surface area contributed by atoms with Gasteiger partial charge in [0.15, 0.2) is 0 Å². The van der Waals surface area contributed by atoms with Crippen LogP contribution in [0.4, 0.5) is 0 Å². The standard InChI is InChI=1S/C13H19ClN2O2S/c1-13(2,10-4-5-10)16-19(17,18)12-7-9(8-15)3-6-11(12)14/h3,6-7,10,16H,4-5,8,15H2,1-2H3. The Kier molecular flexibility index (Phi) is 3.93. The monoisotopic (exact) mass is 302 g/mol. The van der Waals surface area contributed by atoms with E-state index in [0.29, 0.717) is 5.92 Å². The maximum Gasteiger partial charge on any atom is 0.242 e. The van der Waals surface area contributed by atoms with Gasteiger partial charge in [0, 0.05) is 12.1 Å². The second-order valence-electron chi connectivity index (χ2n) is 5.57. The predicted octanol–water partition coefficient (Wildman–Crippen LogP) is 2.27. The number of benzene rings is 1. The summed E-state index contributed by atoms with van der Waals surface area (Å²) in [6.45, 7) is 4.09. The molecule has 1 fully saturated rings. The summed E-state index contributed by atoms with van der Waals surface area (Å²) in [7, 11) is -3.62. The number of sulfonamides is 1. The smallest absolute Gasteiger partial charge is 0.242 e. The minimum atomic E-state index is -3.62. The summed E-state index contributed by atoms with van der Waals surface area (Å²) in [5.41, 5.74) is 5.84. The molecule has 3 N–H and O–H groups in total. The first-order chi connectivity index (χ1) is 8.76. The summed E-state index contributed by atoms with van der Waals surface area (Å²) < 4.78 is 27.6. The van der Waals surface area contributed by atoms with Crippen LogP contribution in [0.25, 0.3) is 0 Å². The highest BCUT2D eigenvalue weighted by Gasteiger charge is 2.41. The molecule has 0 radical (unpaired) electrons.